The van der Waals surface area contributed by atoms with Gasteiger partial charge in [0.15, 0.2) is 11.6 Å². The van der Waals surface area contributed by atoms with Crippen LogP contribution in [0.1, 0.15) is 69.1 Å². The lowest BCUT2D eigenvalue weighted by Gasteiger charge is -2.39. The highest BCUT2D eigenvalue weighted by Crippen LogP contribution is 2.42. The number of carbonyl (C=O) groups excluding carboxylic acids is 2. The van der Waals surface area contributed by atoms with Crippen LogP contribution in [-0.4, -0.2) is 59.7 Å². The number of carbonyl (C=O) groups is 2. The summed E-state index contributed by atoms with van der Waals surface area (Å²) in [5.74, 6) is -1.71. The highest BCUT2D eigenvalue weighted by molar-refractivity contribution is 6.33. The van der Waals surface area contributed by atoms with Crippen LogP contribution >= 0.6 is 11.6 Å². The molecule has 3 aliphatic rings. The van der Waals surface area contributed by atoms with Crippen LogP contribution in [0.2, 0.25) is 5.02 Å². The van der Waals surface area contributed by atoms with E-state index in [0.717, 1.165) is 69.4 Å². The molecule has 2 heterocycles. The van der Waals surface area contributed by atoms with E-state index in [9.17, 15) is 18.4 Å². The average Bonchev–Trinajstić information content (AvgIpc) is 3.60. The largest absolute Gasteiger partial charge is 0.338 e. The molecular formula is C33H34ClF2N3O2. The molecule has 6 rings (SSSR count). The maximum atomic E-state index is 13.7. The molecule has 0 radical (unpaired) electrons. The Labute approximate surface area is 244 Å². The molecule has 214 valence electrons. The number of rotatable bonds is 5. The zero-order valence-corrected chi connectivity index (χ0v) is 24.0. The van der Waals surface area contributed by atoms with Crippen molar-refractivity contribution in [2.45, 2.75) is 44.7 Å². The predicted octanol–water partition coefficient (Wildman–Crippen LogP) is 6.51. The van der Waals surface area contributed by atoms with Gasteiger partial charge in [-0.25, -0.2) is 8.78 Å². The van der Waals surface area contributed by atoms with Gasteiger partial charge in [0.05, 0.1) is 16.6 Å². The van der Waals surface area contributed by atoms with Crippen LogP contribution in [0.25, 0.3) is 0 Å². The lowest BCUT2D eigenvalue weighted by Crippen LogP contribution is -2.42. The van der Waals surface area contributed by atoms with Crippen molar-refractivity contribution >= 4 is 23.4 Å². The fourth-order valence-corrected chi connectivity index (χ4v) is 7.08. The van der Waals surface area contributed by atoms with E-state index < -0.39 is 11.6 Å². The van der Waals surface area contributed by atoms with Crippen molar-refractivity contribution in [3.8, 4) is 0 Å². The first-order valence-electron chi connectivity index (χ1n) is 14.3. The number of nitrogens with zero attached hydrogens (tertiary/aromatic N) is 3. The number of aryl methyl sites for hydroxylation is 1. The second-order valence-electron chi connectivity index (χ2n) is 11.9. The Morgan fingerprint density at radius 2 is 1.73 bits per heavy atom. The van der Waals surface area contributed by atoms with Gasteiger partial charge in [0.25, 0.3) is 11.8 Å². The number of hydrogen-bond acceptors (Lipinski definition) is 3. The van der Waals surface area contributed by atoms with Gasteiger partial charge in [0.2, 0.25) is 0 Å². The van der Waals surface area contributed by atoms with E-state index in [1.165, 1.54) is 17.7 Å². The zero-order chi connectivity index (χ0) is 28.7. The van der Waals surface area contributed by atoms with Crippen LogP contribution < -0.4 is 0 Å². The Morgan fingerprint density at radius 3 is 2.49 bits per heavy atom. The lowest BCUT2D eigenvalue weighted by molar-refractivity contribution is 0.0713. The van der Waals surface area contributed by atoms with E-state index in [2.05, 4.69) is 4.90 Å². The molecule has 2 saturated heterocycles. The van der Waals surface area contributed by atoms with Gasteiger partial charge < -0.3 is 9.80 Å². The number of amides is 2. The highest BCUT2D eigenvalue weighted by atomic mass is 35.5. The molecular weight excluding hydrogens is 544 g/mol. The number of benzene rings is 3. The van der Waals surface area contributed by atoms with Crippen LogP contribution in [0, 0.1) is 17.0 Å². The summed E-state index contributed by atoms with van der Waals surface area (Å²) >= 11 is 6.30. The summed E-state index contributed by atoms with van der Waals surface area (Å²) in [5.41, 5.74) is 4.24. The number of likely N-dealkylation sites (tertiary alicyclic amines) is 2. The van der Waals surface area contributed by atoms with E-state index >= 15 is 0 Å². The van der Waals surface area contributed by atoms with Gasteiger partial charge in [-0.15, -0.1) is 0 Å². The maximum Gasteiger partial charge on any atom is 0.255 e. The standard InChI is InChI=1S/C33H34ClF2N3O2/c1-37(32(41)25-4-2-3-5-27(25)34)30-11-9-23-7-8-24(19-26(23)30)31(40)39-17-14-33(21-39)12-15-38(16-13-33)20-22-6-10-28(35)29(36)18-22/h2-8,10,18-19,30H,9,11-17,20-21H2,1H3. The predicted molar refractivity (Wildman–Crippen MR) is 155 cm³/mol. The van der Waals surface area contributed by atoms with Gasteiger partial charge >= 0.3 is 0 Å². The van der Waals surface area contributed by atoms with Crippen LogP contribution in [-0.2, 0) is 13.0 Å². The van der Waals surface area contributed by atoms with Gasteiger partial charge in [-0.2, -0.15) is 0 Å². The quantitative estimate of drug-likeness (QED) is 0.347. The van der Waals surface area contributed by atoms with Crippen molar-refractivity contribution in [1.29, 1.82) is 0 Å². The first-order chi connectivity index (χ1) is 19.7. The summed E-state index contributed by atoms with van der Waals surface area (Å²) in [7, 11) is 1.81. The van der Waals surface area contributed by atoms with Crippen molar-refractivity contribution < 1.29 is 18.4 Å². The third-order valence-electron chi connectivity index (χ3n) is 9.36. The van der Waals surface area contributed by atoms with Crippen LogP contribution in [0.4, 0.5) is 8.78 Å². The highest BCUT2D eigenvalue weighted by Gasteiger charge is 2.42. The minimum absolute atomic E-state index is 0.0413. The molecule has 0 saturated carbocycles. The van der Waals surface area contributed by atoms with Crippen LogP contribution in [0.3, 0.4) is 0 Å². The summed E-state index contributed by atoms with van der Waals surface area (Å²) in [4.78, 5) is 32.9. The van der Waals surface area contributed by atoms with E-state index in [-0.39, 0.29) is 23.3 Å². The Bertz CT molecular complexity index is 1490. The van der Waals surface area contributed by atoms with E-state index in [4.69, 9.17) is 11.6 Å². The second kappa shape index (κ2) is 11.2. The lowest BCUT2D eigenvalue weighted by atomic mass is 9.77. The normalized spacial score (nSPS) is 19.9. The third kappa shape index (κ3) is 5.50. The molecule has 0 aromatic heterocycles. The minimum atomic E-state index is -0.821. The van der Waals surface area contributed by atoms with Gasteiger partial charge in [0, 0.05) is 32.2 Å². The van der Waals surface area contributed by atoms with Crippen molar-refractivity contribution in [2.75, 3.05) is 33.2 Å². The van der Waals surface area contributed by atoms with Crippen LogP contribution in [0.5, 0.6) is 0 Å². The molecule has 2 fully saturated rings. The van der Waals surface area contributed by atoms with Gasteiger partial charge in [-0.1, -0.05) is 35.9 Å². The molecule has 0 N–H and O–H groups in total. The smallest absolute Gasteiger partial charge is 0.255 e. The first-order valence-corrected chi connectivity index (χ1v) is 14.7. The van der Waals surface area contributed by atoms with Gasteiger partial charge in [-0.3, -0.25) is 14.5 Å². The first kappa shape index (κ1) is 27.9. The topological polar surface area (TPSA) is 43.9 Å². The van der Waals surface area contributed by atoms with Crippen molar-refractivity contribution in [3.05, 3.63) is 105 Å². The second-order valence-corrected chi connectivity index (χ2v) is 12.3. The number of hydrogen-bond donors (Lipinski definition) is 0. The summed E-state index contributed by atoms with van der Waals surface area (Å²) in [6.07, 6.45) is 4.60. The average molecular weight is 578 g/mol. The van der Waals surface area contributed by atoms with Crippen molar-refractivity contribution in [3.63, 3.8) is 0 Å². The molecule has 8 heteroatoms. The van der Waals surface area contributed by atoms with Crippen molar-refractivity contribution in [1.82, 2.24) is 14.7 Å². The molecule has 0 bridgehead atoms. The monoisotopic (exact) mass is 577 g/mol. The molecule has 3 aromatic rings. The third-order valence-corrected chi connectivity index (χ3v) is 9.69. The van der Waals surface area contributed by atoms with Crippen molar-refractivity contribution in [2.24, 2.45) is 5.41 Å². The van der Waals surface area contributed by atoms with Crippen LogP contribution in [0.15, 0.2) is 60.7 Å². The zero-order valence-electron chi connectivity index (χ0n) is 23.2. The molecule has 5 nitrogen and oxygen atoms in total. The fourth-order valence-electron chi connectivity index (χ4n) is 6.86. The molecule has 1 unspecified atom stereocenters. The summed E-state index contributed by atoms with van der Waals surface area (Å²) < 4.78 is 26.9. The summed E-state index contributed by atoms with van der Waals surface area (Å²) in [5, 5.41) is 0.435. The number of halogens is 3. The summed E-state index contributed by atoms with van der Waals surface area (Å²) in [6, 6.07) is 17.0. The number of piperidine rings is 1. The Morgan fingerprint density at radius 1 is 0.976 bits per heavy atom. The number of fused-ring (bicyclic) bond motifs is 1. The Hall–Kier alpha value is -3.29. The Kier molecular flexibility index (Phi) is 7.60. The van der Waals surface area contributed by atoms with E-state index in [1.54, 1.807) is 23.1 Å². The van der Waals surface area contributed by atoms with E-state index in [1.807, 2.05) is 42.3 Å². The maximum absolute atomic E-state index is 13.7. The van der Waals surface area contributed by atoms with Gasteiger partial charge in [-0.05, 0) is 104 Å². The molecule has 2 aliphatic heterocycles. The summed E-state index contributed by atoms with van der Waals surface area (Å²) in [6.45, 7) is 3.80. The molecule has 2 amide bonds. The Balaban J connectivity index is 1.10. The SMILES string of the molecule is CN(C(=O)c1ccccc1Cl)C1CCc2ccc(C(=O)N3CCC4(CCN(Cc5ccc(F)c(F)c5)CC4)C3)cc21. The molecule has 3 aromatic carbocycles. The fraction of sp³-hybridized carbons (Fsp3) is 0.394. The molecule has 1 spiro atoms. The molecule has 1 atom stereocenters. The van der Waals surface area contributed by atoms with Gasteiger partial charge in [0.1, 0.15) is 0 Å². The molecule has 41 heavy (non-hydrogen) atoms. The van der Waals surface area contributed by atoms with E-state index in [0.29, 0.717) is 22.7 Å². The minimum Gasteiger partial charge on any atom is -0.338 e. The molecule has 1 aliphatic carbocycles.